The Kier molecular flexibility index (Phi) is 5.63. The molecular formula is C15H25NO2. The fraction of sp³-hybridized carbons (Fsp3) is 0.600. The van der Waals surface area contributed by atoms with Gasteiger partial charge in [0, 0.05) is 6.54 Å². The molecule has 0 aliphatic carbocycles. The van der Waals surface area contributed by atoms with E-state index >= 15 is 0 Å². The summed E-state index contributed by atoms with van der Waals surface area (Å²) in [6, 6.07) is 4.11. The smallest absolute Gasteiger partial charge is 0.125 e. The first-order valence-electron chi connectivity index (χ1n) is 6.58. The van der Waals surface area contributed by atoms with Gasteiger partial charge in [-0.3, -0.25) is 0 Å². The first-order valence-corrected chi connectivity index (χ1v) is 6.58. The second-order valence-electron chi connectivity index (χ2n) is 4.88. The number of benzene rings is 1. The summed E-state index contributed by atoms with van der Waals surface area (Å²) in [5.74, 6) is 1.35. The van der Waals surface area contributed by atoms with Gasteiger partial charge in [0.1, 0.15) is 5.75 Å². The van der Waals surface area contributed by atoms with Crippen molar-refractivity contribution in [3.05, 3.63) is 28.8 Å². The van der Waals surface area contributed by atoms with Crippen molar-refractivity contribution in [1.82, 2.24) is 5.32 Å². The summed E-state index contributed by atoms with van der Waals surface area (Å²) < 4.78 is 5.53. The van der Waals surface area contributed by atoms with Crippen LogP contribution in [0.15, 0.2) is 12.1 Å². The Bertz CT molecular complexity index is 388. The first kappa shape index (κ1) is 15.0. The predicted octanol–water partition coefficient (Wildman–Crippen LogP) is 2.63. The van der Waals surface area contributed by atoms with Crippen LogP contribution in [0.3, 0.4) is 0 Å². The van der Waals surface area contributed by atoms with Crippen molar-refractivity contribution in [2.75, 3.05) is 20.7 Å². The number of nitrogens with one attached hydrogen (secondary N) is 1. The highest BCUT2D eigenvalue weighted by Gasteiger charge is 2.16. The number of aliphatic hydroxyl groups excluding tert-OH is 1. The quantitative estimate of drug-likeness (QED) is 0.816. The zero-order chi connectivity index (χ0) is 13.7. The molecular weight excluding hydrogens is 226 g/mol. The molecule has 3 nitrogen and oxygen atoms in total. The summed E-state index contributed by atoms with van der Waals surface area (Å²) in [5.41, 5.74) is 3.29. The van der Waals surface area contributed by atoms with Crippen LogP contribution in [0, 0.1) is 0 Å². The molecule has 0 fully saturated rings. The molecule has 1 aromatic rings. The van der Waals surface area contributed by atoms with Crippen LogP contribution in [0.1, 0.15) is 49.5 Å². The lowest BCUT2D eigenvalue weighted by atomic mass is 9.93. The Morgan fingerprint density at radius 1 is 1.33 bits per heavy atom. The summed E-state index contributed by atoms with van der Waals surface area (Å²) >= 11 is 0. The van der Waals surface area contributed by atoms with E-state index in [1.807, 2.05) is 13.1 Å². The maximum atomic E-state index is 10.1. The highest BCUT2D eigenvalue weighted by Crippen LogP contribution is 2.33. The lowest BCUT2D eigenvalue weighted by Crippen LogP contribution is -2.17. The van der Waals surface area contributed by atoms with Crippen LogP contribution in [0.5, 0.6) is 5.75 Å². The van der Waals surface area contributed by atoms with Gasteiger partial charge in [-0.25, -0.2) is 0 Å². The Balaban J connectivity index is 3.27. The largest absolute Gasteiger partial charge is 0.496 e. The lowest BCUT2D eigenvalue weighted by molar-refractivity contribution is 0.177. The minimum atomic E-state index is -0.469. The van der Waals surface area contributed by atoms with E-state index in [-0.39, 0.29) is 0 Å². The van der Waals surface area contributed by atoms with Crippen molar-refractivity contribution in [2.45, 2.75) is 39.2 Å². The maximum absolute atomic E-state index is 10.1. The van der Waals surface area contributed by atoms with Crippen LogP contribution in [0.2, 0.25) is 0 Å². The van der Waals surface area contributed by atoms with Gasteiger partial charge >= 0.3 is 0 Å². The van der Waals surface area contributed by atoms with Crippen molar-refractivity contribution in [1.29, 1.82) is 0 Å². The van der Waals surface area contributed by atoms with Crippen LogP contribution >= 0.6 is 0 Å². The molecule has 0 amide bonds. The summed E-state index contributed by atoms with van der Waals surface area (Å²) in [6.45, 7) is 6.96. The standard InChI is InChI=1S/C15H25NO2/c1-6-11-7-12(14(17)9-16-4)8-13(10(2)3)15(11)18-5/h7-8,10,14,16-17H,6,9H2,1-5H3. The van der Waals surface area contributed by atoms with Crippen molar-refractivity contribution in [3.8, 4) is 5.75 Å². The maximum Gasteiger partial charge on any atom is 0.125 e. The van der Waals surface area contributed by atoms with Crippen LogP contribution in [-0.4, -0.2) is 25.8 Å². The Morgan fingerprint density at radius 2 is 2.00 bits per heavy atom. The minimum absolute atomic E-state index is 0.381. The molecule has 18 heavy (non-hydrogen) atoms. The molecule has 0 spiro atoms. The van der Waals surface area contributed by atoms with Gasteiger partial charge in [0.05, 0.1) is 13.2 Å². The second kappa shape index (κ2) is 6.76. The molecule has 0 saturated heterocycles. The van der Waals surface area contributed by atoms with Gasteiger partial charge in [-0.15, -0.1) is 0 Å². The van der Waals surface area contributed by atoms with Crippen LogP contribution in [0.4, 0.5) is 0 Å². The van der Waals surface area contributed by atoms with Gasteiger partial charge in [0.2, 0.25) is 0 Å². The second-order valence-corrected chi connectivity index (χ2v) is 4.88. The average molecular weight is 251 g/mol. The first-order chi connectivity index (χ1) is 8.54. The molecule has 0 heterocycles. The predicted molar refractivity (Wildman–Crippen MR) is 75.3 cm³/mol. The topological polar surface area (TPSA) is 41.5 Å². The van der Waals surface area contributed by atoms with Gasteiger partial charge in [-0.2, -0.15) is 0 Å². The Labute approximate surface area is 110 Å². The van der Waals surface area contributed by atoms with E-state index in [4.69, 9.17) is 4.74 Å². The third kappa shape index (κ3) is 3.24. The van der Waals surface area contributed by atoms with Gasteiger partial charge in [-0.1, -0.05) is 20.8 Å². The van der Waals surface area contributed by atoms with Gasteiger partial charge < -0.3 is 15.2 Å². The van der Waals surface area contributed by atoms with Gasteiger partial charge in [0.15, 0.2) is 0 Å². The fourth-order valence-corrected chi connectivity index (χ4v) is 2.18. The molecule has 1 aromatic carbocycles. The lowest BCUT2D eigenvalue weighted by Gasteiger charge is -2.20. The van der Waals surface area contributed by atoms with Crippen LogP contribution < -0.4 is 10.1 Å². The molecule has 3 heteroatoms. The average Bonchev–Trinajstić information content (AvgIpc) is 2.37. The molecule has 0 aromatic heterocycles. The van der Waals surface area contributed by atoms with E-state index in [0.717, 1.165) is 23.3 Å². The molecule has 0 radical (unpaired) electrons. The fourth-order valence-electron chi connectivity index (χ4n) is 2.18. The van der Waals surface area contributed by atoms with E-state index in [9.17, 15) is 5.11 Å². The molecule has 2 N–H and O–H groups in total. The molecule has 0 aliphatic rings. The summed E-state index contributed by atoms with van der Waals surface area (Å²) in [5, 5.41) is 13.1. The Morgan fingerprint density at radius 3 is 2.44 bits per heavy atom. The van der Waals surface area contributed by atoms with Crippen molar-refractivity contribution < 1.29 is 9.84 Å². The highest BCUT2D eigenvalue weighted by molar-refractivity contribution is 5.47. The van der Waals surface area contributed by atoms with Gasteiger partial charge in [-0.05, 0) is 48.2 Å². The number of likely N-dealkylation sites (N-methyl/N-ethyl adjacent to an activating group) is 1. The third-order valence-corrected chi connectivity index (χ3v) is 3.21. The molecule has 1 rings (SSSR count). The number of hydrogen-bond donors (Lipinski definition) is 2. The van der Waals surface area contributed by atoms with Crippen molar-refractivity contribution in [2.24, 2.45) is 0 Å². The SMILES string of the molecule is CCc1cc(C(O)CNC)cc(C(C)C)c1OC. The Hall–Kier alpha value is -1.06. The number of ether oxygens (including phenoxy) is 1. The van der Waals surface area contributed by atoms with E-state index in [1.54, 1.807) is 7.11 Å². The van der Waals surface area contributed by atoms with E-state index in [1.165, 1.54) is 5.56 Å². The summed E-state index contributed by atoms with van der Waals surface area (Å²) in [6.07, 6.45) is 0.437. The molecule has 1 unspecified atom stereocenters. The number of methoxy groups -OCH3 is 1. The van der Waals surface area contributed by atoms with Crippen LogP contribution in [-0.2, 0) is 6.42 Å². The highest BCUT2D eigenvalue weighted by atomic mass is 16.5. The monoisotopic (exact) mass is 251 g/mol. The number of rotatable bonds is 6. The van der Waals surface area contributed by atoms with Crippen molar-refractivity contribution >= 4 is 0 Å². The summed E-state index contributed by atoms with van der Waals surface area (Å²) in [7, 11) is 3.56. The third-order valence-electron chi connectivity index (χ3n) is 3.21. The summed E-state index contributed by atoms with van der Waals surface area (Å²) in [4.78, 5) is 0. The number of hydrogen-bond acceptors (Lipinski definition) is 3. The van der Waals surface area contributed by atoms with Crippen LogP contribution in [0.25, 0.3) is 0 Å². The zero-order valence-electron chi connectivity index (χ0n) is 12.1. The van der Waals surface area contributed by atoms with E-state index in [0.29, 0.717) is 12.5 Å². The minimum Gasteiger partial charge on any atom is -0.496 e. The number of aryl methyl sites for hydroxylation is 1. The van der Waals surface area contributed by atoms with Gasteiger partial charge in [0.25, 0.3) is 0 Å². The van der Waals surface area contributed by atoms with Crippen molar-refractivity contribution in [3.63, 3.8) is 0 Å². The molecule has 102 valence electrons. The molecule has 0 bridgehead atoms. The molecule has 1 atom stereocenters. The zero-order valence-corrected chi connectivity index (χ0v) is 12.1. The van der Waals surface area contributed by atoms with E-state index < -0.39 is 6.10 Å². The molecule has 0 saturated carbocycles. The molecule has 0 aliphatic heterocycles. The normalized spacial score (nSPS) is 12.8. The number of aliphatic hydroxyl groups is 1. The van der Waals surface area contributed by atoms with E-state index in [2.05, 4.69) is 32.2 Å².